The van der Waals surface area contributed by atoms with Crippen molar-refractivity contribution in [2.75, 3.05) is 6.67 Å². The zero-order valence-corrected chi connectivity index (χ0v) is 6.48. The average molecular weight is 158 g/mol. The predicted molar refractivity (Wildman–Crippen MR) is 38.2 cm³/mol. The molecule has 2 aliphatic rings. The van der Waals surface area contributed by atoms with Gasteiger partial charge in [-0.1, -0.05) is 12.8 Å². The molecule has 2 rings (SSSR count). The summed E-state index contributed by atoms with van der Waals surface area (Å²) in [6.45, 7) is 0.287. The molecule has 2 atom stereocenters. The van der Waals surface area contributed by atoms with Gasteiger partial charge in [0.1, 0.15) is 6.67 Å². The van der Waals surface area contributed by atoms with E-state index in [4.69, 9.17) is 0 Å². The Morgan fingerprint density at radius 2 is 1.36 bits per heavy atom. The molecule has 0 aromatic heterocycles. The maximum Gasteiger partial charge on any atom is 0.100 e. The molecule has 0 amide bonds. The summed E-state index contributed by atoms with van der Waals surface area (Å²) < 4.78 is 0. The fraction of sp³-hybridized carbons (Fsp3) is 1.00. The monoisotopic (exact) mass is 158 g/mol. The third-order valence-corrected chi connectivity index (χ3v) is 2.75. The van der Waals surface area contributed by atoms with E-state index in [-0.39, 0.29) is 18.8 Å². The number of fused-ring (bicyclic) bond motifs is 1. The van der Waals surface area contributed by atoms with Crippen LogP contribution in [0.5, 0.6) is 0 Å². The van der Waals surface area contributed by atoms with Gasteiger partial charge < -0.3 is 10.4 Å². The predicted octanol–water partition coefficient (Wildman–Crippen LogP) is 0.651. The van der Waals surface area contributed by atoms with E-state index in [0.717, 1.165) is 12.8 Å². The second-order valence-electron chi connectivity index (χ2n) is 3.44. The van der Waals surface area contributed by atoms with Gasteiger partial charge in [-0.2, -0.15) is 10.1 Å². The van der Waals surface area contributed by atoms with Crippen LogP contribution in [0.25, 0.3) is 0 Å². The van der Waals surface area contributed by atoms with Crippen LogP contribution in [0.4, 0.5) is 0 Å². The van der Waals surface area contributed by atoms with E-state index in [1.807, 2.05) is 0 Å². The molecule has 0 spiro atoms. The second kappa shape index (κ2) is 2.71. The molecule has 0 aromatic carbocycles. The molecular weight excluding hydrogens is 144 g/mol. The van der Waals surface area contributed by atoms with Crippen molar-refractivity contribution in [3.05, 3.63) is 0 Å². The third-order valence-electron chi connectivity index (χ3n) is 2.75. The highest BCUT2D eigenvalue weighted by atomic mass is 16.6. The Kier molecular flexibility index (Phi) is 1.85. The minimum absolute atomic E-state index is 0.175. The molecule has 1 saturated heterocycles. The zero-order valence-electron chi connectivity index (χ0n) is 6.48. The molecule has 1 aliphatic heterocycles. The van der Waals surface area contributed by atoms with Crippen molar-refractivity contribution < 1.29 is 10.4 Å². The molecule has 1 aliphatic carbocycles. The van der Waals surface area contributed by atoms with Crippen molar-refractivity contribution >= 4 is 0 Å². The van der Waals surface area contributed by atoms with Crippen LogP contribution >= 0.6 is 0 Å². The van der Waals surface area contributed by atoms with E-state index in [1.165, 1.54) is 23.0 Å². The van der Waals surface area contributed by atoms with E-state index in [2.05, 4.69) is 0 Å². The summed E-state index contributed by atoms with van der Waals surface area (Å²) in [5.41, 5.74) is 0. The van der Waals surface area contributed by atoms with Gasteiger partial charge in [0.15, 0.2) is 0 Å². The maximum absolute atomic E-state index is 9.33. The smallest absolute Gasteiger partial charge is 0.100 e. The van der Waals surface area contributed by atoms with Crippen LogP contribution < -0.4 is 0 Å². The molecule has 11 heavy (non-hydrogen) atoms. The second-order valence-corrected chi connectivity index (χ2v) is 3.44. The van der Waals surface area contributed by atoms with Crippen molar-refractivity contribution in [3.8, 4) is 0 Å². The lowest BCUT2D eigenvalue weighted by atomic mass is 9.91. The Labute approximate surface area is 65.9 Å². The fourth-order valence-corrected chi connectivity index (χ4v) is 2.15. The summed E-state index contributed by atoms with van der Waals surface area (Å²) in [6, 6.07) is 0.350. The number of nitrogens with zero attached hydrogens (tertiary/aromatic N) is 2. The Morgan fingerprint density at radius 1 is 0.909 bits per heavy atom. The van der Waals surface area contributed by atoms with Crippen molar-refractivity contribution in [1.82, 2.24) is 10.1 Å². The van der Waals surface area contributed by atoms with Gasteiger partial charge in [-0.05, 0) is 12.8 Å². The van der Waals surface area contributed by atoms with Gasteiger partial charge in [0.25, 0.3) is 0 Å². The largest absolute Gasteiger partial charge is 0.312 e. The molecule has 64 valence electrons. The Morgan fingerprint density at radius 3 is 1.82 bits per heavy atom. The van der Waals surface area contributed by atoms with Crippen LogP contribution in [0.3, 0.4) is 0 Å². The van der Waals surface area contributed by atoms with E-state index in [9.17, 15) is 10.4 Å². The van der Waals surface area contributed by atoms with Crippen molar-refractivity contribution in [2.45, 2.75) is 37.8 Å². The molecule has 2 fully saturated rings. The first-order chi connectivity index (χ1) is 5.29. The van der Waals surface area contributed by atoms with Crippen LogP contribution in [0.2, 0.25) is 0 Å². The molecule has 4 heteroatoms. The summed E-state index contributed by atoms with van der Waals surface area (Å²) in [5, 5.41) is 21.2. The highest BCUT2D eigenvalue weighted by Crippen LogP contribution is 2.29. The van der Waals surface area contributed by atoms with Crippen LogP contribution in [-0.4, -0.2) is 39.3 Å². The summed E-state index contributed by atoms with van der Waals surface area (Å²) in [6.07, 6.45) is 4.37. The van der Waals surface area contributed by atoms with Crippen LogP contribution in [0.15, 0.2) is 0 Å². The molecule has 1 heterocycles. The van der Waals surface area contributed by atoms with Gasteiger partial charge in [-0.3, -0.25) is 0 Å². The van der Waals surface area contributed by atoms with Gasteiger partial charge in [-0.25, -0.2) is 0 Å². The lowest BCUT2D eigenvalue weighted by molar-refractivity contribution is -0.156. The van der Waals surface area contributed by atoms with E-state index in [1.54, 1.807) is 0 Å². The Bertz CT molecular complexity index is 137. The highest BCUT2D eigenvalue weighted by Gasteiger charge is 2.40. The molecule has 2 N–H and O–H groups in total. The SMILES string of the molecule is ON1CN(O)[C@H]2CCCC[C@H]21. The van der Waals surface area contributed by atoms with Crippen molar-refractivity contribution in [1.29, 1.82) is 0 Å². The molecule has 0 aromatic rings. The van der Waals surface area contributed by atoms with Gasteiger partial charge in [0, 0.05) is 0 Å². The van der Waals surface area contributed by atoms with Crippen molar-refractivity contribution in [3.63, 3.8) is 0 Å². The third kappa shape index (κ3) is 1.16. The lowest BCUT2D eigenvalue weighted by Crippen LogP contribution is -2.37. The number of hydrogen-bond acceptors (Lipinski definition) is 4. The molecule has 4 nitrogen and oxygen atoms in total. The zero-order chi connectivity index (χ0) is 7.84. The van der Waals surface area contributed by atoms with Gasteiger partial charge in [-0.15, -0.1) is 0 Å². The standard InChI is InChI=1S/C7H14N2O2/c10-8-5-9(11)7-4-2-1-3-6(7)8/h6-7,10-11H,1-5H2/t6-,7+. The van der Waals surface area contributed by atoms with Gasteiger partial charge in [0.05, 0.1) is 12.1 Å². The molecule has 1 saturated carbocycles. The minimum Gasteiger partial charge on any atom is -0.312 e. The Hall–Kier alpha value is -0.160. The quantitative estimate of drug-likeness (QED) is 0.543. The maximum atomic E-state index is 9.33. The number of hydrogen-bond donors (Lipinski definition) is 2. The van der Waals surface area contributed by atoms with E-state index < -0.39 is 0 Å². The van der Waals surface area contributed by atoms with Crippen LogP contribution in [0, 0.1) is 0 Å². The average Bonchev–Trinajstić information content (AvgIpc) is 2.30. The summed E-state index contributed by atoms with van der Waals surface area (Å²) in [5.74, 6) is 0. The number of hydroxylamine groups is 4. The first-order valence-electron chi connectivity index (χ1n) is 4.20. The Balaban J connectivity index is 2.07. The van der Waals surface area contributed by atoms with Crippen molar-refractivity contribution in [2.24, 2.45) is 0 Å². The summed E-state index contributed by atoms with van der Waals surface area (Å²) in [4.78, 5) is 0. The fourth-order valence-electron chi connectivity index (χ4n) is 2.15. The first-order valence-corrected chi connectivity index (χ1v) is 4.20. The minimum atomic E-state index is 0.175. The van der Waals surface area contributed by atoms with E-state index in [0.29, 0.717) is 0 Å². The molecular formula is C7H14N2O2. The van der Waals surface area contributed by atoms with Gasteiger partial charge in [0.2, 0.25) is 0 Å². The first kappa shape index (κ1) is 7.49. The molecule has 0 unspecified atom stereocenters. The van der Waals surface area contributed by atoms with Gasteiger partial charge >= 0.3 is 0 Å². The van der Waals surface area contributed by atoms with E-state index >= 15 is 0 Å². The molecule has 0 radical (unpaired) electrons. The number of rotatable bonds is 0. The van der Waals surface area contributed by atoms with Crippen LogP contribution in [0.1, 0.15) is 25.7 Å². The topological polar surface area (TPSA) is 46.9 Å². The lowest BCUT2D eigenvalue weighted by Gasteiger charge is -2.27. The van der Waals surface area contributed by atoms with Crippen LogP contribution in [-0.2, 0) is 0 Å². The summed E-state index contributed by atoms with van der Waals surface area (Å²) in [7, 11) is 0. The normalized spacial score (nSPS) is 40.9. The molecule has 0 bridgehead atoms. The summed E-state index contributed by atoms with van der Waals surface area (Å²) >= 11 is 0. The highest BCUT2D eigenvalue weighted by molar-refractivity contribution is 4.88.